The van der Waals surface area contributed by atoms with E-state index in [0.717, 1.165) is 22.3 Å². The van der Waals surface area contributed by atoms with E-state index in [-0.39, 0.29) is 11.8 Å². The Bertz CT molecular complexity index is 1210. The van der Waals surface area contributed by atoms with Crippen molar-refractivity contribution in [3.05, 3.63) is 84.2 Å². The quantitative estimate of drug-likeness (QED) is 0.542. The van der Waals surface area contributed by atoms with Gasteiger partial charge in [-0.15, -0.1) is 0 Å². The van der Waals surface area contributed by atoms with Crippen molar-refractivity contribution in [1.29, 1.82) is 0 Å². The summed E-state index contributed by atoms with van der Waals surface area (Å²) in [5.74, 6) is -0.366. The van der Waals surface area contributed by atoms with E-state index in [4.69, 9.17) is 0 Å². The highest BCUT2D eigenvalue weighted by Gasteiger charge is 2.11. The smallest absolute Gasteiger partial charge is 0.255 e. The van der Waals surface area contributed by atoms with Gasteiger partial charge in [0.25, 0.3) is 5.91 Å². The second-order valence-corrected chi connectivity index (χ2v) is 6.76. The molecule has 0 radical (unpaired) electrons. The Labute approximate surface area is 168 Å². The predicted molar refractivity (Wildman–Crippen MR) is 115 cm³/mol. The number of aromatic nitrogens is 2. The van der Waals surface area contributed by atoms with Crippen LogP contribution in [-0.2, 0) is 4.79 Å². The lowest BCUT2D eigenvalue weighted by Crippen LogP contribution is -2.14. The van der Waals surface area contributed by atoms with Crippen LogP contribution >= 0.6 is 0 Å². The van der Waals surface area contributed by atoms with Crippen LogP contribution in [0.25, 0.3) is 16.7 Å². The molecule has 0 spiro atoms. The number of hydrogen-bond acceptors (Lipinski definition) is 3. The first-order valence-corrected chi connectivity index (χ1v) is 9.24. The molecule has 1 heterocycles. The van der Waals surface area contributed by atoms with Gasteiger partial charge in [-0.1, -0.05) is 18.2 Å². The molecule has 4 rings (SSSR count). The highest BCUT2D eigenvalue weighted by Crippen LogP contribution is 2.24. The molecular weight excluding hydrogens is 364 g/mol. The number of rotatable bonds is 4. The van der Waals surface area contributed by atoms with Crippen molar-refractivity contribution in [3.8, 4) is 5.69 Å². The number of fused-ring (bicyclic) bond motifs is 1. The molecule has 6 heteroatoms. The van der Waals surface area contributed by atoms with Crippen LogP contribution in [0.1, 0.15) is 22.8 Å². The van der Waals surface area contributed by atoms with E-state index in [9.17, 15) is 9.59 Å². The highest BCUT2D eigenvalue weighted by molar-refractivity contribution is 6.05. The van der Waals surface area contributed by atoms with Gasteiger partial charge in [-0.05, 0) is 61.0 Å². The minimum absolute atomic E-state index is 0.154. The van der Waals surface area contributed by atoms with Gasteiger partial charge in [-0.3, -0.25) is 14.2 Å². The van der Waals surface area contributed by atoms with Crippen molar-refractivity contribution < 1.29 is 9.59 Å². The van der Waals surface area contributed by atoms with Gasteiger partial charge in [0, 0.05) is 29.5 Å². The summed E-state index contributed by atoms with van der Waals surface area (Å²) in [4.78, 5) is 28.4. The van der Waals surface area contributed by atoms with Crippen molar-refractivity contribution in [3.63, 3.8) is 0 Å². The van der Waals surface area contributed by atoms with Crippen LogP contribution in [0.3, 0.4) is 0 Å². The van der Waals surface area contributed by atoms with Crippen molar-refractivity contribution in [1.82, 2.24) is 9.55 Å². The molecule has 1 aromatic heterocycles. The summed E-state index contributed by atoms with van der Waals surface area (Å²) in [5.41, 5.74) is 5.54. The van der Waals surface area contributed by atoms with E-state index in [2.05, 4.69) is 15.6 Å². The molecular formula is C23H20N4O2. The van der Waals surface area contributed by atoms with Crippen LogP contribution in [0.15, 0.2) is 73.1 Å². The summed E-state index contributed by atoms with van der Waals surface area (Å²) in [6.45, 7) is 3.31. The Morgan fingerprint density at radius 2 is 1.55 bits per heavy atom. The third-order valence-electron chi connectivity index (χ3n) is 4.75. The largest absolute Gasteiger partial charge is 0.326 e. The van der Waals surface area contributed by atoms with E-state index in [1.807, 2.05) is 54.0 Å². The average Bonchev–Trinajstić information content (AvgIpc) is 3.15. The Morgan fingerprint density at radius 1 is 0.862 bits per heavy atom. The summed E-state index contributed by atoms with van der Waals surface area (Å²) < 4.78 is 1.98. The number of benzene rings is 3. The number of imidazole rings is 1. The van der Waals surface area contributed by atoms with Gasteiger partial charge in [-0.25, -0.2) is 4.98 Å². The average molecular weight is 384 g/mol. The van der Waals surface area contributed by atoms with Gasteiger partial charge in [0.2, 0.25) is 5.91 Å². The fraction of sp³-hybridized carbons (Fsp3) is 0.0870. The highest BCUT2D eigenvalue weighted by atomic mass is 16.2. The molecule has 2 N–H and O–H groups in total. The number of nitrogens with zero attached hydrogens (tertiary/aromatic N) is 2. The minimum Gasteiger partial charge on any atom is -0.326 e. The van der Waals surface area contributed by atoms with Crippen molar-refractivity contribution in [2.75, 3.05) is 10.6 Å². The SMILES string of the molecule is CC(=O)Nc1cccc(NC(=O)c2ccc(-n3cnc4ccccc43)cc2)c1C. The fourth-order valence-corrected chi connectivity index (χ4v) is 3.23. The first kappa shape index (κ1) is 18.4. The predicted octanol–water partition coefficient (Wildman–Crippen LogP) is 4.54. The van der Waals surface area contributed by atoms with Crippen LogP contribution in [-0.4, -0.2) is 21.4 Å². The maximum absolute atomic E-state index is 12.7. The first-order valence-electron chi connectivity index (χ1n) is 9.24. The number of carbonyl (C=O) groups is 2. The second kappa shape index (κ2) is 7.59. The maximum Gasteiger partial charge on any atom is 0.255 e. The van der Waals surface area contributed by atoms with Crippen molar-refractivity contribution in [2.24, 2.45) is 0 Å². The number of hydrogen-bond donors (Lipinski definition) is 2. The molecule has 6 nitrogen and oxygen atoms in total. The minimum atomic E-state index is -0.213. The lowest BCUT2D eigenvalue weighted by Gasteiger charge is -2.13. The van der Waals surface area contributed by atoms with Gasteiger partial charge >= 0.3 is 0 Å². The lowest BCUT2D eigenvalue weighted by molar-refractivity contribution is -0.114. The molecule has 0 atom stereocenters. The van der Waals surface area contributed by atoms with E-state index >= 15 is 0 Å². The Hall–Kier alpha value is -3.93. The van der Waals surface area contributed by atoms with Crippen LogP contribution in [0.2, 0.25) is 0 Å². The molecule has 0 saturated heterocycles. The number of anilines is 2. The maximum atomic E-state index is 12.7. The standard InChI is InChI=1S/C23H20N4O2/c1-15-19(25-16(2)28)7-5-8-20(15)26-23(29)17-10-12-18(13-11-17)27-14-24-21-6-3-4-9-22(21)27/h3-14H,1-2H3,(H,25,28)(H,26,29). The van der Waals surface area contributed by atoms with Gasteiger partial charge < -0.3 is 10.6 Å². The summed E-state index contributed by atoms with van der Waals surface area (Å²) >= 11 is 0. The summed E-state index contributed by atoms with van der Waals surface area (Å²) in [7, 11) is 0. The molecule has 0 saturated carbocycles. The second-order valence-electron chi connectivity index (χ2n) is 6.76. The van der Waals surface area contributed by atoms with E-state index in [1.165, 1.54) is 6.92 Å². The van der Waals surface area contributed by atoms with E-state index in [1.54, 1.807) is 30.6 Å². The molecule has 3 aromatic carbocycles. The van der Waals surface area contributed by atoms with Gasteiger partial charge in [-0.2, -0.15) is 0 Å². The van der Waals surface area contributed by atoms with Crippen molar-refractivity contribution in [2.45, 2.75) is 13.8 Å². The Balaban J connectivity index is 1.55. The Morgan fingerprint density at radius 3 is 2.28 bits per heavy atom. The van der Waals surface area contributed by atoms with E-state index < -0.39 is 0 Å². The summed E-state index contributed by atoms with van der Waals surface area (Å²) in [6.07, 6.45) is 1.77. The van der Waals surface area contributed by atoms with E-state index in [0.29, 0.717) is 16.9 Å². The van der Waals surface area contributed by atoms with Crippen LogP contribution in [0.5, 0.6) is 0 Å². The number of carbonyl (C=O) groups excluding carboxylic acids is 2. The van der Waals surface area contributed by atoms with Crippen LogP contribution in [0.4, 0.5) is 11.4 Å². The van der Waals surface area contributed by atoms with Gasteiger partial charge in [0.1, 0.15) is 6.33 Å². The third kappa shape index (κ3) is 3.73. The number of nitrogens with one attached hydrogen (secondary N) is 2. The molecule has 2 amide bonds. The molecule has 4 aromatic rings. The first-order chi connectivity index (χ1) is 14.0. The monoisotopic (exact) mass is 384 g/mol. The molecule has 0 bridgehead atoms. The molecule has 144 valence electrons. The zero-order valence-electron chi connectivity index (χ0n) is 16.1. The van der Waals surface area contributed by atoms with Gasteiger partial charge in [0.05, 0.1) is 11.0 Å². The van der Waals surface area contributed by atoms with Crippen molar-refractivity contribution >= 4 is 34.2 Å². The van der Waals surface area contributed by atoms with Crippen LogP contribution < -0.4 is 10.6 Å². The number of amides is 2. The molecule has 0 unspecified atom stereocenters. The molecule has 0 aliphatic carbocycles. The lowest BCUT2D eigenvalue weighted by atomic mass is 10.1. The molecule has 0 fully saturated rings. The summed E-state index contributed by atoms with van der Waals surface area (Å²) in [5, 5.41) is 5.68. The zero-order valence-corrected chi connectivity index (χ0v) is 16.1. The summed E-state index contributed by atoms with van der Waals surface area (Å²) in [6, 6.07) is 20.7. The molecule has 29 heavy (non-hydrogen) atoms. The zero-order chi connectivity index (χ0) is 20.4. The molecule has 0 aliphatic heterocycles. The Kier molecular flexibility index (Phi) is 4.83. The molecule has 0 aliphatic rings. The third-order valence-corrected chi connectivity index (χ3v) is 4.75. The number of para-hydroxylation sites is 2. The van der Waals surface area contributed by atoms with Crippen LogP contribution in [0, 0.1) is 6.92 Å². The normalized spacial score (nSPS) is 10.7. The van der Waals surface area contributed by atoms with Gasteiger partial charge in [0.15, 0.2) is 0 Å². The fourth-order valence-electron chi connectivity index (χ4n) is 3.23. The topological polar surface area (TPSA) is 76.0 Å².